The third kappa shape index (κ3) is 9.12. The number of aromatic nitrogens is 4. The Hall–Kier alpha value is -4.29. The first kappa shape index (κ1) is 31.2. The van der Waals surface area contributed by atoms with Gasteiger partial charge in [0.25, 0.3) is 0 Å². The maximum atomic E-state index is 13.7. The zero-order valence-electron chi connectivity index (χ0n) is 22.9. The summed E-state index contributed by atoms with van der Waals surface area (Å²) in [5.74, 6) is -2.38. The van der Waals surface area contributed by atoms with E-state index in [1.54, 1.807) is 31.3 Å². The predicted octanol–water partition coefficient (Wildman–Crippen LogP) is 3.12. The highest BCUT2D eigenvalue weighted by atomic mass is 19.1. The number of aliphatic hydroxyl groups is 2. The minimum absolute atomic E-state index is 0.0364. The number of allylic oxidation sites excluding steroid dienone is 2. The molecule has 0 aliphatic rings. The van der Waals surface area contributed by atoms with E-state index in [4.69, 9.17) is 0 Å². The van der Waals surface area contributed by atoms with Crippen LogP contribution in [0.15, 0.2) is 60.7 Å². The molecule has 0 radical (unpaired) electrons. The number of nitrogens with zero attached hydrogens (tertiary/aromatic N) is 4. The van der Waals surface area contributed by atoms with Crippen molar-refractivity contribution in [3.63, 3.8) is 0 Å². The van der Waals surface area contributed by atoms with Gasteiger partial charge in [0, 0.05) is 19.0 Å². The second-order valence-electron chi connectivity index (χ2n) is 10.0. The molecule has 1 heterocycles. The fourth-order valence-corrected chi connectivity index (χ4v) is 4.25. The molecule has 3 aromatic rings. The number of carboxylic acids is 1. The van der Waals surface area contributed by atoms with Gasteiger partial charge in [0.2, 0.25) is 5.91 Å². The monoisotopic (exact) mass is 569 g/mol. The number of carbonyl (C=O) groups is 2. The Balaban J connectivity index is 1.89. The number of rotatable bonds is 13. The molecule has 0 aliphatic carbocycles. The number of hydrogen-bond acceptors (Lipinski definition) is 7. The SMILES string of the molecule is CC(C)C[C@H](NC(=O)C[C@H](O)C[C@H](O)C=CC(=C(c1ccc(F)cc1)c1ccc(F)cc1)c1nnnn1C)C(=O)O. The quantitative estimate of drug-likeness (QED) is 0.229. The van der Waals surface area contributed by atoms with E-state index in [1.807, 2.05) is 13.8 Å². The molecule has 0 saturated heterocycles. The Bertz CT molecular complexity index is 1340. The molecule has 0 saturated carbocycles. The zero-order chi connectivity index (χ0) is 30.1. The number of halogens is 2. The molecule has 218 valence electrons. The number of hydrogen-bond donors (Lipinski definition) is 4. The highest BCUT2D eigenvalue weighted by Gasteiger charge is 2.23. The van der Waals surface area contributed by atoms with Gasteiger partial charge in [0.15, 0.2) is 5.82 Å². The number of benzene rings is 2. The maximum absolute atomic E-state index is 13.7. The van der Waals surface area contributed by atoms with Crippen LogP contribution in [0.3, 0.4) is 0 Å². The average Bonchev–Trinajstić information content (AvgIpc) is 3.32. The molecule has 4 N–H and O–H groups in total. The molecule has 0 unspecified atom stereocenters. The Kier molecular flexibility index (Phi) is 11.0. The summed E-state index contributed by atoms with van der Waals surface area (Å²) >= 11 is 0. The summed E-state index contributed by atoms with van der Waals surface area (Å²) < 4.78 is 28.9. The van der Waals surface area contributed by atoms with Gasteiger partial charge in [-0.3, -0.25) is 4.79 Å². The molecule has 41 heavy (non-hydrogen) atoms. The molecule has 2 aromatic carbocycles. The van der Waals surface area contributed by atoms with E-state index in [0.717, 1.165) is 0 Å². The zero-order valence-corrected chi connectivity index (χ0v) is 22.9. The van der Waals surface area contributed by atoms with Crippen molar-refractivity contribution in [2.45, 2.75) is 51.4 Å². The van der Waals surface area contributed by atoms with Crippen LogP contribution < -0.4 is 5.32 Å². The number of aliphatic hydroxyl groups excluding tert-OH is 2. The Labute approximate surface area is 236 Å². The van der Waals surface area contributed by atoms with Gasteiger partial charge in [0.05, 0.1) is 18.6 Å². The van der Waals surface area contributed by atoms with Gasteiger partial charge >= 0.3 is 5.97 Å². The van der Waals surface area contributed by atoms with Crippen LogP contribution in [0.5, 0.6) is 0 Å². The van der Waals surface area contributed by atoms with E-state index in [-0.39, 0.29) is 18.8 Å². The van der Waals surface area contributed by atoms with E-state index >= 15 is 0 Å². The molecule has 0 aliphatic heterocycles. The van der Waals surface area contributed by atoms with Crippen LogP contribution in [0.2, 0.25) is 0 Å². The van der Waals surface area contributed by atoms with Crippen molar-refractivity contribution in [3.8, 4) is 0 Å². The maximum Gasteiger partial charge on any atom is 0.326 e. The van der Waals surface area contributed by atoms with Crippen molar-refractivity contribution in [2.75, 3.05) is 0 Å². The van der Waals surface area contributed by atoms with Crippen molar-refractivity contribution in [1.29, 1.82) is 0 Å². The largest absolute Gasteiger partial charge is 0.480 e. The minimum atomic E-state index is -1.26. The van der Waals surface area contributed by atoms with Crippen LogP contribution in [0.1, 0.15) is 50.1 Å². The Morgan fingerprint density at radius 3 is 2.00 bits per heavy atom. The highest BCUT2D eigenvalue weighted by Crippen LogP contribution is 2.33. The van der Waals surface area contributed by atoms with Crippen molar-refractivity contribution in [2.24, 2.45) is 13.0 Å². The summed E-state index contributed by atoms with van der Waals surface area (Å²) in [4.78, 5) is 23.7. The van der Waals surface area contributed by atoms with E-state index in [2.05, 4.69) is 20.8 Å². The van der Waals surface area contributed by atoms with Crippen LogP contribution in [-0.4, -0.2) is 65.7 Å². The van der Waals surface area contributed by atoms with Gasteiger partial charge in [-0.15, -0.1) is 5.10 Å². The number of aryl methyl sites for hydroxylation is 1. The number of carbonyl (C=O) groups excluding carboxylic acids is 1. The van der Waals surface area contributed by atoms with Crippen LogP contribution in [-0.2, 0) is 16.6 Å². The van der Waals surface area contributed by atoms with Gasteiger partial charge in [-0.25, -0.2) is 18.3 Å². The first-order valence-corrected chi connectivity index (χ1v) is 13.0. The van der Waals surface area contributed by atoms with Crippen molar-refractivity contribution < 1.29 is 33.7 Å². The number of amides is 1. The minimum Gasteiger partial charge on any atom is -0.480 e. The standard InChI is InChI=1S/C29H33F2N5O5/c1-17(2)14-25(29(40)41)32-26(39)16-23(38)15-22(37)12-13-24(28-33-34-35-36(28)3)27(18-4-8-20(30)9-5-18)19-6-10-21(31)11-7-19/h4-13,17,22-23,25,37-38H,14-16H2,1-3H3,(H,32,39)(H,40,41)/t22-,23-,25+/m1/s1. The summed E-state index contributed by atoms with van der Waals surface area (Å²) in [5.41, 5.74) is 2.08. The summed E-state index contributed by atoms with van der Waals surface area (Å²) in [5, 5.41) is 44.5. The third-order valence-electron chi connectivity index (χ3n) is 6.16. The molecule has 12 heteroatoms. The molecule has 0 spiro atoms. The first-order valence-electron chi connectivity index (χ1n) is 13.0. The normalized spacial score (nSPS) is 13.7. The van der Waals surface area contributed by atoms with Gasteiger partial charge in [0.1, 0.15) is 17.7 Å². The predicted molar refractivity (Wildman–Crippen MR) is 147 cm³/mol. The van der Waals surface area contributed by atoms with Crippen LogP contribution in [0.4, 0.5) is 8.78 Å². The summed E-state index contributed by atoms with van der Waals surface area (Å²) in [6, 6.07) is 10.2. The topological polar surface area (TPSA) is 150 Å². The third-order valence-corrected chi connectivity index (χ3v) is 6.16. The van der Waals surface area contributed by atoms with E-state index in [1.165, 1.54) is 41.1 Å². The van der Waals surface area contributed by atoms with Crippen molar-refractivity contribution in [1.82, 2.24) is 25.5 Å². The number of tetrazole rings is 1. The molecule has 1 amide bonds. The molecule has 3 rings (SSSR count). The van der Waals surface area contributed by atoms with E-state index in [9.17, 15) is 33.7 Å². The van der Waals surface area contributed by atoms with Gasteiger partial charge < -0.3 is 20.6 Å². The van der Waals surface area contributed by atoms with Crippen molar-refractivity contribution >= 4 is 23.0 Å². The number of carboxylic acid groups (broad SMARTS) is 1. The van der Waals surface area contributed by atoms with Crippen LogP contribution in [0, 0.1) is 17.6 Å². The fraction of sp³-hybridized carbons (Fsp3) is 0.345. The summed E-state index contributed by atoms with van der Waals surface area (Å²) in [6.45, 7) is 3.66. The molecule has 10 nitrogen and oxygen atoms in total. The lowest BCUT2D eigenvalue weighted by Crippen LogP contribution is -2.42. The molecular weight excluding hydrogens is 536 g/mol. The lowest BCUT2D eigenvalue weighted by Gasteiger charge is -2.18. The number of nitrogens with one attached hydrogen (secondary N) is 1. The molecule has 3 atom stereocenters. The lowest BCUT2D eigenvalue weighted by atomic mass is 9.91. The fourth-order valence-electron chi connectivity index (χ4n) is 4.25. The lowest BCUT2D eigenvalue weighted by molar-refractivity contribution is -0.142. The van der Waals surface area contributed by atoms with Gasteiger partial charge in [-0.2, -0.15) is 0 Å². The van der Waals surface area contributed by atoms with E-state index in [0.29, 0.717) is 28.1 Å². The summed E-state index contributed by atoms with van der Waals surface area (Å²) in [7, 11) is 1.61. The molecule has 1 aromatic heterocycles. The molecule has 0 bridgehead atoms. The first-order chi connectivity index (χ1) is 19.4. The summed E-state index contributed by atoms with van der Waals surface area (Å²) in [6.07, 6.45) is 0.0467. The smallest absolute Gasteiger partial charge is 0.326 e. The van der Waals surface area contributed by atoms with Gasteiger partial charge in [-0.1, -0.05) is 50.3 Å². The second kappa shape index (κ2) is 14.4. The van der Waals surface area contributed by atoms with Crippen LogP contribution in [0.25, 0.3) is 11.1 Å². The average molecular weight is 570 g/mol. The second-order valence-corrected chi connectivity index (χ2v) is 10.0. The molecular formula is C29H33F2N5O5. The number of aliphatic carboxylic acids is 1. The van der Waals surface area contributed by atoms with Gasteiger partial charge in [-0.05, 0) is 63.7 Å². The van der Waals surface area contributed by atoms with Crippen LogP contribution >= 0.6 is 0 Å². The Morgan fingerprint density at radius 1 is 0.976 bits per heavy atom. The molecule has 0 fully saturated rings. The van der Waals surface area contributed by atoms with E-state index < -0.39 is 48.2 Å². The highest BCUT2D eigenvalue weighted by molar-refractivity contribution is 6.00. The Morgan fingerprint density at radius 2 is 1.54 bits per heavy atom. The van der Waals surface area contributed by atoms with Crippen molar-refractivity contribution in [3.05, 3.63) is 89.3 Å².